The lowest BCUT2D eigenvalue weighted by molar-refractivity contribution is -0.121. The molecule has 0 bridgehead atoms. The van der Waals surface area contributed by atoms with E-state index in [-0.39, 0.29) is 13.1 Å². The third-order valence-electron chi connectivity index (χ3n) is 3.64. The number of carbonyl (C=O) groups excluding carboxylic acids is 1. The van der Waals surface area contributed by atoms with Crippen molar-refractivity contribution in [2.24, 2.45) is 0 Å². The number of carbonyl (C=O) groups is 1. The lowest BCUT2D eigenvalue weighted by atomic mass is 10.2. The van der Waals surface area contributed by atoms with Crippen LogP contribution in [0.1, 0.15) is 5.56 Å². The summed E-state index contributed by atoms with van der Waals surface area (Å²) in [6.07, 6.45) is 0. The van der Waals surface area contributed by atoms with E-state index in [9.17, 15) is 18.8 Å². The normalized spacial score (nSPS) is 10.7. The van der Waals surface area contributed by atoms with Gasteiger partial charge in [-0.25, -0.2) is 9.18 Å². The van der Waals surface area contributed by atoms with Crippen LogP contribution in [0.4, 0.5) is 4.39 Å². The first-order valence-electron chi connectivity index (χ1n) is 7.28. The molecule has 7 heteroatoms. The predicted molar refractivity (Wildman–Crippen MR) is 87.1 cm³/mol. The van der Waals surface area contributed by atoms with Gasteiger partial charge >= 0.3 is 5.69 Å². The Hall–Kier alpha value is -3.22. The monoisotopic (exact) mass is 327 g/mol. The fourth-order valence-electron chi connectivity index (χ4n) is 2.43. The molecular weight excluding hydrogens is 313 g/mol. The lowest BCUT2D eigenvalue weighted by Gasteiger charge is -2.10. The molecule has 6 nitrogen and oxygen atoms in total. The third-order valence-corrected chi connectivity index (χ3v) is 3.64. The van der Waals surface area contributed by atoms with Gasteiger partial charge in [0, 0.05) is 12.1 Å². The Balaban J connectivity index is 1.83. The van der Waals surface area contributed by atoms with Crippen LogP contribution < -0.4 is 16.6 Å². The summed E-state index contributed by atoms with van der Waals surface area (Å²) >= 11 is 0. The summed E-state index contributed by atoms with van der Waals surface area (Å²) in [4.78, 5) is 38.0. The lowest BCUT2D eigenvalue weighted by Crippen LogP contribution is -2.36. The average Bonchev–Trinajstić information content (AvgIpc) is 2.58. The van der Waals surface area contributed by atoms with Crippen LogP contribution in [0.5, 0.6) is 0 Å². The van der Waals surface area contributed by atoms with Crippen molar-refractivity contribution in [2.45, 2.75) is 13.1 Å². The number of fused-ring (bicyclic) bond motifs is 1. The molecule has 3 aromatic rings. The molecule has 0 spiro atoms. The molecule has 0 radical (unpaired) electrons. The van der Waals surface area contributed by atoms with Crippen LogP contribution in [0.3, 0.4) is 0 Å². The molecule has 0 aliphatic rings. The number of nitrogens with one attached hydrogen (secondary N) is 2. The number of H-pyrrole nitrogens is 1. The number of benzene rings is 2. The van der Waals surface area contributed by atoms with Crippen molar-refractivity contribution in [1.82, 2.24) is 14.9 Å². The highest BCUT2D eigenvalue weighted by Crippen LogP contribution is 2.07. The molecule has 1 amide bonds. The van der Waals surface area contributed by atoms with E-state index in [0.29, 0.717) is 16.5 Å². The van der Waals surface area contributed by atoms with Crippen molar-refractivity contribution in [2.75, 3.05) is 0 Å². The predicted octanol–water partition coefficient (Wildman–Crippen LogP) is 1.15. The van der Waals surface area contributed by atoms with Crippen molar-refractivity contribution in [3.8, 4) is 0 Å². The SMILES string of the molecule is O=C(Cn1c(=O)[nH]c(=O)c2ccccc21)NCc1ccccc1F. The molecule has 0 unspecified atom stereocenters. The second-order valence-corrected chi connectivity index (χ2v) is 5.23. The number of hydrogen-bond donors (Lipinski definition) is 2. The molecule has 3 rings (SSSR count). The minimum atomic E-state index is -0.667. The summed E-state index contributed by atoms with van der Waals surface area (Å²) in [7, 11) is 0. The van der Waals surface area contributed by atoms with Crippen molar-refractivity contribution >= 4 is 16.8 Å². The Morgan fingerprint density at radius 1 is 1.08 bits per heavy atom. The van der Waals surface area contributed by atoms with Gasteiger partial charge in [0.15, 0.2) is 0 Å². The second-order valence-electron chi connectivity index (χ2n) is 5.23. The maximum absolute atomic E-state index is 13.5. The molecule has 0 atom stereocenters. The van der Waals surface area contributed by atoms with Gasteiger partial charge in [0.25, 0.3) is 5.56 Å². The minimum Gasteiger partial charge on any atom is -0.350 e. The smallest absolute Gasteiger partial charge is 0.329 e. The summed E-state index contributed by atoms with van der Waals surface area (Å²) in [5.41, 5.74) is -0.449. The van der Waals surface area contributed by atoms with Gasteiger partial charge in [-0.2, -0.15) is 0 Å². The first kappa shape index (κ1) is 15.7. The van der Waals surface area contributed by atoms with E-state index < -0.39 is 23.0 Å². The highest BCUT2D eigenvalue weighted by Gasteiger charge is 2.11. The largest absolute Gasteiger partial charge is 0.350 e. The number of nitrogens with zero attached hydrogens (tertiary/aromatic N) is 1. The van der Waals surface area contributed by atoms with E-state index in [2.05, 4.69) is 10.3 Å². The van der Waals surface area contributed by atoms with Crippen molar-refractivity contribution < 1.29 is 9.18 Å². The number of hydrogen-bond acceptors (Lipinski definition) is 3. The fourth-order valence-corrected chi connectivity index (χ4v) is 2.43. The van der Waals surface area contributed by atoms with Crippen LogP contribution in [0.15, 0.2) is 58.1 Å². The summed E-state index contributed by atoms with van der Waals surface area (Å²) in [6.45, 7) is -0.258. The zero-order valence-corrected chi connectivity index (χ0v) is 12.6. The first-order chi connectivity index (χ1) is 11.6. The molecule has 0 aliphatic heterocycles. The highest BCUT2D eigenvalue weighted by molar-refractivity contribution is 5.81. The van der Waals surface area contributed by atoms with Crippen LogP contribution in [0.2, 0.25) is 0 Å². The van der Waals surface area contributed by atoms with Crippen molar-refractivity contribution in [1.29, 1.82) is 0 Å². The molecule has 0 fully saturated rings. The molecule has 0 aliphatic carbocycles. The Bertz CT molecular complexity index is 1020. The van der Waals surface area contributed by atoms with Gasteiger partial charge in [0.05, 0.1) is 10.9 Å². The summed E-state index contributed by atoms with van der Waals surface area (Å²) in [5.74, 6) is -0.873. The summed E-state index contributed by atoms with van der Waals surface area (Å²) in [6, 6.07) is 12.6. The van der Waals surface area contributed by atoms with Crippen molar-refractivity contribution in [3.63, 3.8) is 0 Å². The number of halogens is 1. The molecule has 1 aromatic heterocycles. The van der Waals surface area contributed by atoms with Crippen LogP contribution >= 0.6 is 0 Å². The van der Waals surface area contributed by atoms with Gasteiger partial charge in [0.1, 0.15) is 12.4 Å². The van der Waals surface area contributed by atoms with Crippen LogP contribution in [0, 0.1) is 5.82 Å². The molecular formula is C17H14FN3O3. The van der Waals surface area contributed by atoms with E-state index in [4.69, 9.17) is 0 Å². The topological polar surface area (TPSA) is 84.0 Å². The molecule has 122 valence electrons. The van der Waals surface area contributed by atoms with E-state index in [0.717, 1.165) is 0 Å². The Kier molecular flexibility index (Phi) is 4.24. The zero-order valence-electron chi connectivity index (χ0n) is 12.6. The first-order valence-corrected chi connectivity index (χ1v) is 7.28. The minimum absolute atomic E-state index is 0.0154. The van der Waals surface area contributed by atoms with E-state index in [1.54, 1.807) is 42.5 Å². The average molecular weight is 327 g/mol. The molecule has 24 heavy (non-hydrogen) atoms. The zero-order chi connectivity index (χ0) is 17.1. The van der Waals surface area contributed by atoms with E-state index in [1.165, 1.54) is 10.6 Å². The standard InChI is InChI=1S/C17H14FN3O3/c18-13-7-3-1-5-11(13)9-19-15(22)10-21-14-8-4-2-6-12(14)16(23)20-17(21)24/h1-8H,9-10H2,(H,19,22)(H,20,23,24). The number of rotatable bonds is 4. The molecule has 2 N–H and O–H groups in total. The van der Waals surface area contributed by atoms with Gasteiger partial charge in [-0.15, -0.1) is 0 Å². The number of aromatic nitrogens is 2. The van der Waals surface area contributed by atoms with Gasteiger partial charge in [-0.1, -0.05) is 30.3 Å². The highest BCUT2D eigenvalue weighted by atomic mass is 19.1. The van der Waals surface area contributed by atoms with Gasteiger partial charge in [-0.3, -0.25) is 19.1 Å². The maximum Gasteiger partial charge on any atom is 0.329 e. The van der Waals surface area contributed by atoms with Gasteiger partial charge in [0.2, 0.25) is 5.91 Å². The Morgan fingerprint density at radius 3 is 2.58 bits per heavy atom. The van der Waals surface area contributed by atoms with E-state index >= 15 is 0 Å². The Labute approximate surface area is 135 Å². The molecule has 1 heterocycles. The third kappa shape index (κ3) is 3.10. The van der Waals surface area contributed by atoms with Crippen molar-refractivity contribution in [3.05, 3.63) is 80.7 Å². The van der Waals surface area contributed by atoms with Crippen LogP contribution in [-0.2, 0) is 17.9 Å². The summed E-state index contributed by atoms with van der Waals surface area (Å²) < 4.78 is 14.7. The number of amides is 1. The molecule has 2 aromatic carbocycles. The second kappa shape index (κ2) is 6.49. The molecule has 0 saturated heterocycles. The number of aromatic amines is 1. The van der Waals surface area contributed by atoms with E-state index in [1.807, 2.05) is 0 Å². The maximum atomic E-state index is 13.5. The number of para-hydroxylation sites is 1. The summed E-state index contributed by atoms with van der Waals surface area (Å²) in [5, 5.41) is 2.88. The van der Waals surface area contributed by atoms with Gasteiger partial charge < -0.3 is 5.32 Å². The quantitative estimate of drug-likeness (QED) is 0.754. The van der Waals surface area contributed by atoms with Crippen LogP contribution in [-0.4, -0.2) is 15.5 Å². The van der Waals surface area contributed by atoms with Gasteiger partial charge in [-0.05, 0) is 18.2 Å². The fraction of sp³-hybridized carbons (Fsp3) is 0.118. The molecule has 0 saturated carbocycles. The Morgan fingerprint density at radius 2 is 1.79 bits per heavy atom. The van der Waals surface area contributed by atoms with Crippen LogP contribution in [0.25, 0.3) is 10.9 Å².